The Kier molecular flexibility index (Phi) is 3.96. The van der Waals surface area contributed by atoms with E-state index in [4.69, 9.17) is 5.11 Å². The van der Waals surface area contributed by atoms with Crippen molar-refractivity contribution in [3.63, 3.8) is 0 Å². The number of carbonyl (C=O) groups excluding carboxylic acids is 1. The molecule has 1 amide bonds. The third-order valence-corrected chi connectivity index (χ3v) is 4.66. The molecule has 1 aliphatic rings. The van der Waals surface area contributed by atoms with Gasteiger partial charge in [0.1, 0.15) is 6.54 Å². The molecule has 1 aliphatic heterocycles. The summed E-state index contributed by atoms with van der Waals surface area (Å²) >= 11 is 0. The number of likely N-dealkylation sites (tertiary alicyclic amines) is 1. The van der Waals surface area contributed by atoms with Crippen LogP contribution in [0.3, 0.4) is 0 Å². The monoisotopic (exact) mass is 331 g/mol. The highest BCUT2D eigenvalue weighted by molar-refractivity contribution is 5.85. The van der Waals surface area contributed by atoms with E-state index in [1.165, 1.54) is 12.1 Å². The molecule has 0 aliphatic carbocycles. The number of non-ortho nitro benzene ring substituents is 1. The lowest BCUT2D eigenvalue weighted by molar-refractivity contribution is -0.384. The Labute approximate surface area is 137 Å². The molecule has 1 fully saturated rings. The van der Waals surface area contributed by atoms with Gasteiger partial charge in [0, 0.05) is 41.8 Å². The lowest BCUT2D eigenvalue weighted by Gasteiger charge is -2.23. The number of aliphatic carboxylic acids is 1. The summed E-state index contributed by atoms with van der Waals surface area (Å²) in [4.78, 5) is 35.6. The number of rotatable bonds is 4. The zero-order valence-corrected chi connectivity index (χ0v) is 13.1. The number of hydrogen-bond donors (Lipinski definition) is 1. The van der Waals surface area contributed by atoms with E-state index in [0.717, 1.165) is 5.52 Å². The van der Waals surface area contributed by atoms with Gasteiger partial charge in [-0.25, -0.2) is 0 Å². The lowest BCUT2D eigenvalue weighted by Crippen LogP contribution is -2.39. The first-order valence-electron chi connectivity index (χ1n) is 7.64. The number of carboxylic acids is 1. The molecule has 2 unspecified atom stereocenters. The number of carboxylic acid groups (broad SMARTS) is 1. The Balaban J connectivity index is 1.79. The summed E-state index contributed by atoms with van der Waals surface area (Å²) in [6.45, 7) is 2.26. The molecule has 0 radical (unpaired) electrons. The van der Waals surface area contributed by atoms with Gasteiger partial charge in [0.05, 0.1) is 10.8 Å². The van der Waals surface area contributed by atoms with Gasteiger partial charge in [-0.15, -0.1) is 0 Å². The third-order valence-electron chi connectivity index (χ3n) is 4.66. The summed E-state index contributed by atoms with van der Waals surface area (Å²) in [6.07, 6.45) is 2.17. The second kappa shape index (κ2) is 5.95. The molecule has 1 N–H and O–H groups in total. The molecular weight excluding hydrogens is 314 g/mol. The van der Waals surface area contributed by atoms with Gasteiger partial charge in [-0.2, -0.15) is 0 Å². The molecule has 24 heavy (non-hydrogen) atoms. The van der Waals surface area contributed by atoms with Crippen molar-refractivity contribution in [2.45, 2.75) is 25.9 Å². The van der Waals surface area contributed by atoms with Crippen LogP contribution in [0.15, 0.2) is 30.5 Å². The fraction of sp³-hybridized carbons (Fsp3) is 0.375. The minimum atomic E-state index is -0.878. The predicted molar refractivity (Wildman–Crippen MR) is 85.5 cm³/mol. The highest BCUT2D eigenvalue weighted by Gasteiger charge is 2.37. The fourth-order valence-corrected chi connectivity index (χ4v) is 3.30. The van der Waals surface area contributed by atoms with Gasteiger partial charge in [-0.3, -0.25) is 19.7 Å². The molecule has 0 saturated carbocycles. The van der Waals surface area contributed by atoms with E-state index in [-0.39, 0.29) is 24.2 Å². The molecule has 1 aromatic carbocycles. The van der Waals surface area contributed by atoms with Crippen LogP contribution in [-0.2, 0) is 16.1 Å². The first kappa shape index (κ1) is 16.0. The van der Waals surface area contributed by atoms with Gasteiger partial charge in [0.25, 0.3) is 5.69 Å². The standard InChI is InChI=1S/C16H17N3O5/c1-10-13(16(21)22)5-7-18(10)15(20)9-17-6-4-11-8-12(19(23)24)2-3-14(11)17/h2-4,6,8,10,13H,5,7,9H2,1H3,(H,21,22). The number of nitro benzene ring substituents is 1. The Bertz CT molecular complexity index is 828. The van der Waals surface area contributed by atoms with Crippen molar-refractivity contribution in [2.75, 3.05) is 6.54 Å². The average molecular weight is 331 g/mol. The summed E-state index contributed by atoms with van der Waals surface area (Å²) < 4.78 is 1.72. The van der Waals surface area contributed by atoms with Crippen LogP contribution in [0.25, 0.3) is 10.9 Å². The summed E-state index contributed by atoms with van der Waals surface area (Å²) in [5.41, 5.74) is 0.736. The van der Waals surface area contributed by atoms with Gasteiger partial charge in [0.2, 0.25) is 5.91 Å². The van der Waals surface area contributed by atoms with Crippen LogP contribution in [-0.4, -0.2) is 44.0 Å². The Morgan fingerprint density at radius 2 is 2.12 bits per heavy atom. The van der Waals surface area contributed by atoms with Crippen molar-refractivity contribution in [1.82, 2.24) is 9.47 Å². The number of nitro groups is 1. The SMILES string of the molecule is CC1C(C(=O)O)CCN1C(=O)Cn1ccc2cc([N+](=O)[O-])ccc21. The molecule has 8 heteroatoms. The van der Waals surface area contributed by atoms with Crippen LogP contribution in [0.1, 0.15) is 13.3 Å². The van der Waals surface area contributed by atoms with Gasteiger partial charge in [-0.05, 0) is 25.5 Å². The van der Waals surface area contributed by atoms with Crippen molar-refractivity contribution >= 4 is 28.5 Å². The van der Waals surface area contributed by atoms with Crippen LogP contribution in [0.2, 0.25) is 0 Å². The van der Waals surface area contributed by atoms with Crippen LogP contribution in [0, 0.1) is 16.0 Å². The lowest BCUT2D eigenvalue weighted by atomic mass is 10.0. The van der Waals surface area contributed by atoms with Crippen LogP contribution < -0.4 is 0 Å². The van der Waals surface area contributed by atoms with Crippen LogP contribution >= 0.6 is 0 Å². The van der Waals surface area contributed by atoms with Crippen molar-refractivity contribution in [1.29, 1.82) is 0 Å². The van der Waals surface area contributed by atoms with Crippen molar-refractivity contribution in [2.24, 2.45) is 5.92 Å². The zero-order chi connectivity index (χ0) is 17.4. The second-order valence-corrected chi connectivity index (χ2v) is 6.01. The zero-order valence-electron chi connectivity index (χ0n) is 13.1. The number of aromatic nitrogens is 1. The smallest absolute Gasteiger partial charge is 0.308 e. The molecule has 126 valence electrons. The van der Waals surface area contributed by atoms with Gasteiger partial charge in [-0.1, -0.05) is 0 Å². The largest absolute Gasteiger partial charge is 0.481 e. The minimum Gasteiger partial charge on any atom is -0.481 e. The fourth-order valence-electron chi connectivity index (χ4n) is 3.30. The molecule has 1 saturated heterocycles. The van der Waals surface area contributed by atoms with Crippen LogP contribution in [0.5, 0.6) is 0 Å². The molecular formula is C16H17N3O5. The van der Waals surface area contributed by atoms with Crippen molar-refractivity contribution < 1.29 is 19.6 Å². The molecule has 3 rings (SSSR count). The molecule has 1 aromatic heterocycles. The minimum absolute atomic E-state index is 0.00374. The van der Waals surface area contributed by atoms with E-state index in [1.54, 1.807) is 34.7 Å². The Morgan fingerprint density at radius 1 is 1.38 bits per heavy atom. The van der Waals surface area contributed by atoms with E-state index >= 15 is 0 Å². The summed E-state index contributed by atoms with van der Waals surface area (Å²) in [5.74, 6) is -1.56. The van der Waals surface area contributed by atoms with E-state index in [2.05, 4.69) is 0 Å². The maximum atomic E-state index is 12.5. The Morgan fingerprint density at radius 3 is 2.75 bits per heavy atom. The number of benzene rings is 1. The van der Waals surface area contributed by atoms with Gasteiger partial charge in [0.15, 0.2) is 0 Å². The number of nitrogens with zero attached hydrogens (tertiary/aromatic N) is 3. The maximum absolute atomic E-state index is 12.5. The van der Waals surface area contributed by atoms with Crippen molar-refractivity contribution in [3.8, 4) is 0 Å². The van der Waals surface area contributed by atoms with Gasteiger partial charge < -0.3 is 14.6 Å². The molecule has 2 atom stereocenters. The molecule has 2 aromatic rings. The normalized spacial score (nSPS) is 20.5. The molecule has 2 heterocycles. The molecule has 8 nitrogen and oxygen atoms in total. The maximum Gasteiger partial charge on any atom is 0.308 e. The highest BCUT2D eigenvalue weighted by Crippen LogP contribution is 2.26. The second-order valence-electron chi connectivity index (χ2n) is 6.01. The first-order chi connectivity index (χ1) is 11.4. The number of carbonyl (C=O) groups is 2. The average Bonchev–Trinajstić information content (AvgIpc) is 3.10. The van der Waals surface area contributed by atoms with Crippen LogP contribution in [0.4, 0.5) is 5.69 Å². The number of amides is 1. The number of hydrogen-bond acceptors (Lipinski definition) is 4. The van der Waals surface area contributed by atoms with E-state index in [0.29, 0.717) is 18.4 Å². The topological polar surface area (TPSA) is 106 Å². The summed E-state index contributed by atoms with van der Waals surface area (Å²) in [7, 11) is 0. The first-order valence-corrected chi connectivity index (χ1v) is 7.64. The van der Waals surface area contributed by atoms with E-state index in [1.807, 2.05) is 0 Å². The number of fused-ring (bicyclic) bond motifs is 1. The molecule has 0 spiro atoms. The van der Waals surface area contributed by atoms with E-state index < -0.39 is 16.8 Å². The van der Waals surface area contributed by atoms with Crippen molar-refractivity contribution in [3.05, 3.63) is 40.6 Å². The van der Waals surface area contributed by atoms with E-state index in [9.17, 15) is 19.7 Å². The Hall–Kier alpha value is -2.90. The quantitative estimate of drug-likeness (QED) is 0.680. The summed E-state index contributed by atoms with van der Waals surface area (Å²) in [6, 6.07) is 5.88. The summed E-state index contributed by atoms with van der Waals surface area (Å²) in [5, 5.41) is 20.7. The predicted octanol–water partition coefficient (Wildman–Crippen LogP) is 1.87. The molecule has 0 bridgehead atoms. The van der Waals surface area contributed by atoms with Gasteiger partial charge >= 0.3 is 5.97 Å². The third kappa shape index (κ3) is 2.70. The highest BCUT2D eigenvalue weighted by atomic mass is 16.6.